The number of aromatic nitrogens is 1. The molecule has 84 valence electrons. The zero-order chi connectivity index (χ0) is 12.0. The number of nitrogens with one attached hydrogen (secondary N) is 1. The first-order valence-corrected chi connectivity index (χ1v) is 5.81. The van der Waals surface area contributed by atoms with Crippen LogP contribution in [0.2, 0.25) is 5.15 Å². The smallest absolute Gasteiger partial charge is 0.216 e. The average Bonchev–Trinajstić information content (AvgIpc) is 2.22. The molecule has 0 aromatic carbocycles. The lowest BCUT2D eigenvalue weighted by atomic mass is 10.3. The molecule has 0 aliphatic carbocycles. The number of halogens is 2. The topological polar surface area (TPSA) is 42.0 Å². The van der Waals surface area contributed by atoms with Crippen LogP contribution in [0.5, 0.6) is 0 Å². The number of amides is 1. The highest BCUT2D eigenvalue weighted by Crippen LogP contribution is 2.16. The van der Waals surface area contributed by atoms with Gasteiger partial charge in [0.05, 0.1) is 5.56 Å². The molecule has 5 heteroatoms. The van der Waals surface area contributed by atoms with E-state index in [1.54, 1.807) is 12.3 Å². The third-order valence-corrected chi connectivity index (χ3v) is 2.39. The van der Waals surface area contributed by atoms with Gasteiger partial charge < -0.3 is 5.32 Å². The summed E-state index contributed by atoms with van der Waals surface area (Å²) >= 11 is 9.15. The van der Waals surface area contributed by atoms with Crippen LogP contribution in [-0.2, 0) is 4.79 Å². The summed E-state index contributed by atoms with van der Waals surface area (Å²) in [5.41, 5.74) is 0.680. The van der Waals surface area contributed by atoms with Gasteiger partial charge in [-0.2, -0.15) is 0 Å². The number of hydrogen-bond acceptors (Lipinski definition) is 2. The van der Waals surface area contributed by atoms with Gasteiger partial charge in [-0.15, -0.1) is 0 Å². The lowest BCUT2D eigenvalue weighted by molar-refractivity contribution is -0.118. The Hall–Kier alpha value is -1.05. The van der Waals surface area contributed by atoms with Gasteiger partial charge in [-0.1, -0.05) is 23.4 Å². The molecule has 16 heavy (non-hydrogen) atoms. The van der Waals surface area contributed by atoms with Crippen molar-refractivity contribution in [3.8, 4) is 11.8 Å². The highest BCUT2D eigenvalue weighted by atomic mass is 79.9. The standard InChI is InChI=1S/C11H10BrClN2O/c1-8(16)14-5-3-2-4-9-6-10(12)7-15-11(9)13/h6-7H,3,5H2,1H3,(H,14,16). The molecule has 0 fully saturated rings. The van der Waals surface area contributed by atoms with E-state index in [-0.39, 0.29) is 5.91 Å². The molecule has 0 saturated heterocycles. The molecule has 1 N–H and O–H groups in total. The van der Waals surface area contributed by atoms with Crippen LogP contribution in [0.25, 0.3) is 0 Å². The quantitative estimate of drug-likeness (QED) is 0.518. The molecule has 0 saturated carbocycles. The van der Waals surface area contributed by atoms with E-state index in [1.165, 1.54) is 6.92 Å². The highest BCUT2D eigenvalue weighted by molar-refractivity contribution is 9.10. The van der Waals surface area contributed by atoms with E-state index in [9.17, 15) is 4.79 Å². The maximum Gasteiger partial charge on any atom is 0.216 e. The number of carbonyl (C=O) groups excluding carboxylic acids is 1. The molecular weight excluding hydrogens is 291 g/mol. The molecular formula is C11H10BrClN2O. The van der Waals surface area contributed by atoms with Crippen LogP contribution in [0.4, 0.5) is 0 Å². The zero-order valence-corrected chi connectivity index (χ0v) is 11.0. The molecule has 0 radical (unpaired) electrons. The molecule has 0 spiro atoms. The molecule has 1 heterocycles. The predicted molar refractivity (Wildman–Crippen MR) is 67.1 cm³/mol. The lowest BCUT2D eigenvalue weighted by Crippen LogP contribution is -2.20. The van der Waals surface area contributed by atoms with Crippen molar-refractivity contribution in [2.24, 2.45) is 0 Å². The largest absolute Gasteiger partial charge is 0.355 e. The number of hydrogen-bond donors (Lipinski definition) is 1. The van der Waals surface area contributed by atoms with Crippen molar-refractivity contribution < 1.29 is 4.79 Å². The lowest BCUT2D eigenvalue weighted by Gasteiger charge is -1.96. The van der Waals surface area contributed by atoms with Crippen LogP contribution in [0.1, 0.15) is 18.9 Å². The van der Waals surface area contributed by atoms with Gasteiger partial charge in [0.2, 0.25) is 5.91 Å². The SMILES string of the molecule is CC(=O)NCCC#Cc1cc(Br)cnc1Cl. The Morgan fingerprint density at radius 3 is 3.12 bits per heavy atom. The number of nitrogens with zero attached hydrogens (tertiary/aromatic N) is 1. The maximum atomic E-state index is 10.6. The normalized spacial score (nSPS) is 9.19. The van der Waals surface area contributed by atoms with Crippen LogP contribution in [0, 0.1) is 11.8 Å². The van der Waals surface area contributed by atoms with Gasteiger partial charge in [-0.05, 0) is 22.0 Å². The minimum atomic E-state index is -0.0519. The van der Waals surface area contributed by atoms with Crippen molar-refractivity contribution in [1.82, 2.24) is 10.3 Å². The van der Waals surface area contributed by atoms with Crippen molar-refractivity contribution >= 4 is 33.4 Å². The Morgan fingerprint density at radius 1 is 1.69 bits per heavy atom. The molecule has 1 rings (SSSR count). The maximum absolute atomic E-state index is 10.6. The molecule has 0 aliphatic rings. The Labute approximate surface area is 108 Å². The number of pyridine rings is 1. The Morgan fingerprint density at radius 2 is 2.44 bits per heavy atom. The predicted octanol–water partition coefficient (Wildman–Crippen LogP) is 2.38. The Balaban J connectivity index is 2.56. The summed E-state index contributed by atoms with van der Waals surface area (Å²) in [5.74, 6) is 5.76. The second-order valence-corrected chi connectivity index (χ2v) is 4.30. The van der Waals surface area contributed by atoms with Crippen molar-refractivity contribution in [2.75, 3.05) is 6.54 Å². The van der Waals surface area contributed by atoms with Gasteiger partial charge in [0.25, 0.3) is 0 Å². The summed E-state index contributed by atoms with van der Waals surface area (Å²) in [6.45, 7) is 2.02. The Kier molecular flexibility index (Phi) is 5.30. The summed E-state index contributed by atoms with van der Waals surface area (Å²) in [4.78, 5) is 14.5. The van der Waals surface area contributed by atoms with Crippen molar-refractivity contribution in [3.05, 3.63) is 27.5 Å². The minimum absolute atomic E-state index is 0.0519. The third-order valence-electron chi connectivity index (χ3n) is 1.65. The second kappa shape index (κ2) is 6.51. The van der Waals surface area contributed by atoms with Gasteiger partial charge in [0, 0.05) is 30.6 Å². The molecule has 0 bridgehead atoms. The van der Waals surface area contributed by atoms with E-state index in [4.69, 9.17) is 11.6 Å². The van der Waals surface area contributed by atoms with Gasteiger partial charge >= 0.3 is 0 Å². The van der Waals surface area contributed by atoms with E-state index in [0.717, 1.165) is 4.47 Å². The first kappa shape index (κ1) is 13.0. The molecule has 0 atom stereocenters. The fraction of sp³-hybridized carbons (Fsp3) is 0.273. The zero-order valence-electron chi connectivity index (χ0n) is 8.68. The van der Waals surface area contributed by atoms with Crippen LogP contribution >= 0.6 is 27.5 Å². The fourth-order valence-corrected chi connectivity index (χ4v) is 1.45. The summed E-state index contributed by atoms with van der Waals surface area (Å²) in [5, 5.41) is 3.04. The summed E-state index contributed by atoms with van der Waals surface area (Å²) in [6.07, 6.45) is 2.20. The molecule has 0 aliphatic heterocycles. The van der Waals surface area contributed by atoms with Gasteiger partial charge in [-0.3, -0.25) is 4.79 Å². The van der Waals surface area contributed by atoms with Gasteiger partial charge in [0.15, 0.2) is 0 Å². The molecule has 1 amide bonds. The van der Waals surface area contributed by atoms with E-state index in [0.29, 0.717) is 23.7 Å². The van der Waals surface area contributed by atoms with Crippen molar-refractivity contribution in [2.45, 2.75) is 13.3 Å². The van der Waals surface area contributed by atoms with Crippen LogP contribution in [0.15, 0.2) is 16.7 Å². The third kappa shape index (κ3) is 4.65. The average molecular weight is 302 g/mol. The Bertz CT molecular complexity index is 451. The molecule has 1 aromatic rings. The number of rotatable bonds is 2. The molecule has 3 nitrogen and oxygen atoms in total. The summed E-state index contributed by atoms with van der Waals surface area (Å²) < 4.78 is 0.836. The van der Waals surface area contributed by atoms with E-state index >= 15 is 0 Å². The van der Waals surface area contributed by atoms with Crippen molar-refractivity contribution in [1.29, 1.82) is 0 Å². The van der Waals surface area contributed by atoms with Crippen LogP contribution < -0.4 is 5.32 Å². The van der Waals surface area contributed by atoms with Crippen LogP contribution in [0.3, 0.4) is 0 Å². The molecule has 0 unspecified atom stereocenters. The van der Waals surface area contributed by atoms with E-state index in [2.05, 4.69) is 38.1 Å². The first-order chi connectivity index (χ1) is 7.59. The van der Waals surface area contributed by atoms with E-state index < -0.39 is 0 Å². The number of carbonyl (C=O) groups is 1. The highest BCUT2D eigenvalue weighted by Gasteiger charge is 1.98. The van der Waals surface area contributed by atoms with Gasteiger partial charge in [-0.25, -0.2) is 4.98 Å². The summed E-state index contributed by atoms with van der Waals surface area (Å²) in [6, 6.07) is 1.81. The van der Waals surface area contributed by atoms with Crippen LogP contribution in [-0.4, -0.2) is 17.4 Å². The van der Waals surface area contributed by atoms with Crippen molar-refractivity contribution in [3.63, 3.8) is 0 Å². The summed E-state index contributed by atoms with van der Waals surface area (Å²) in [7, 11) is 0. The van der Waals surface area contributed by atoms with E-state index in [1.807, 2.05) is 0 Å². The van der Waals surface area contributed by atoms with Gasteiger partial charge in [0.1, 0.15) is 5.15 Å². The monoisotopic (exact) mass is 300 g/mol. The second-order valence-electron chi connectivity index (χ2n) is 3.03. The minimum Gasteiger partial charge on any atom is -0.355 e. The fourth-order valence-electron chi connectivity index (χ4n) is 0.969. The first-order valence-electron chi connectivity index (χ1n) is 4.64. The molecule has 1 aromatic heterocycles.